The van der Waals surface area contributed by atoms with E-state index in [4.69, 9.17) is 4.74 Å². The molecule has 2 aliphatic rings. The topological polar surface area (TPSA) is 90.3 Å². The number of aryl methyl sites for hydroxylation is 1. The van der Waals surface area contributed by atoms with Crippen LogP contribution in [0.2, 0.25) is 0 Å². The number of ether oxygens (including phenoxy) is 1. The number of amides is 1. The van der Waals surface area contributed by atoms with E-state index in [1.54, 1.807) is 24.3 Å². The van der Waals surface area contributed by atoms with Crippen LogP contribution in [-0.2, 0) is 14.3 Å². The van der Waals surface area contributed by atoms with Crippen LogP contribution in [0.1, 0.15) is 22.7 Å². The summed E-state index contributed by atoms with van der Waals surface area (Å²) in [5, 5.41) is 20.7. The minimum Gasteiger partial charge on any atom is -0.508 e. The van der Waals surface area contributed by atoms with Crippen molar-refractivity contribution >= 4 is 17.4 Å². The van der Waals surface area contributed by atoms with Gasteiger partial charge in [-0.2, -0.15) is 0 Å². The molecule has 0 saturated carbocycles. The van der Waals surface area contributed by atoms with E-state index in [9.17, 15) is 19.8 Å². The minimum atomic E-state index is -0.719. The molecule has 2 fully saturated rings. The molecule has 2 aromatic rings. The van der Waals surface area contributed by atoms with Crippen molar-refractivity contribution in [3.8, 4) is 5.75 Å². The molecule has 0 radical (unpaired) electrons. The molecule has 0 bridgehead atoms. The van der Waals surface area contributed by atoms with Gasteiger partial charge in [0.1, 0.15) is 11.5 Å². The number of aliphatic hydroxyl groups excluding tert-OH is 1. The number of Topliss-reactive ketones (excluding diaryl/α,β-unsaturated/α-hetero) is 1. The van der Waals surface area contributed by atoms with E-state index in [-0.39, 0.29) is 17.1 Å². The van der Waals surface area contributed by atoms with Gasteiger partial charge in [-0.25, -0.2) is 0 Å². The Labute approximate surface area is 181 Å². The van der Waals surface area contributed by atoms with Gasteiger partial charge in [0.05, 0.1) is 24.8 Å². The second-order valence-electron chi connectivity index (χ2n) is 7.90. The summed E-state index contributed by atoms with van der Waals surface area (Å²) in [5.74, 6) is -1.42. The second-order valence-corrected chi connectivity index (χ2v) is 7.90. The van der Waals surface area contributed by atoms with Gasteiger partial charge >= 0.3 is 0 Å². The number of morpholine rings is 1. The monoisotopic (exact) mass is 422 g/mol. The zero-order chi connectivity index (χ0) is 22.0. The highest BCUT2D eigenvalue weighted by atomic mass is 16.5. The second kappa shape index (κ2) is 8.91. The molecule has 7 heteroatoms. The lowest BCUT2D eigenvalue weighted by Gasteiger charge is -2.31. The molecule has 2 saturated heterocycles. The third kappa shape index (κ3) is 4.33. The Morgan fingerprint density at radius 3 is 2.29 bits per heavy atom. The van der Waals surface area contributed by atoms with Crippen molar-refractivity contribution in [3.05, 3.63) is 70.8 Å². The maximum atomic E-state index is 13.0. The molecule has 2 aromatic carbocycles. The summed E-state index contributed by atoms with van der Waals surface area (Å²) in [4.78, 5) is 29.7. The Balaban J connectivity index is 1.72. The highest BCUT2D eigenvalue weighted by Crippen LogP contribution is 2.39. The average Bonchev–Trinajstić information content (AvgIpc) is 3.04. The number of phenols is 1. The number of hydrogen-bond donors (Lipinski definition) is 2. The molecule has 2 N–H and O–H groups in total. The summed E-state index contributed by atoms with van der Waals surface area (Å²) >= 11 is 0. The Bertz CT molecular complexity index is 992. The van der Waals surface area contributed by atoms with Gasteiger partial charge in [0.15, 0.2) is 0 Å². The number of likely N-dealkylation sites (tertiary alicyclic amines) is 1. The molecule has 4 rings (SSSR count). The minimum absolute atomic E-state index is 0.0709. The van der Waals surface area contributed by atoms with Gasteiger partial charge in [-0.3, -0.25) is 14.5 Å². The zero-order valence-corrected chi connectivity index (χ0v) is 17.5. The molecular weight excluding hydrogens is 396 g/mol. The van der Waals surface area contributed by atoms with Crippen LogP contribution in [0.5, 0.6) is 5.75 Å². The number of benzene rings is 2. The summed E-state index contributed by atoms with van der Waals surface area (Å²) in [6.45, 7) is 5.73. The number of aromatic hydroxyl groups is 1. The third-order valence-electron chi connectivity index (χ3n) is 5.83. The molecule has 0 aliphatic carbocycles. The SMILES string of the molecule is Cc1ccc(/C(O)=C2/C(=O)C(=O)N(CCN3CCOCC3)[C@H]2c2ccc(O)cc2)cc1. The first-order valence-electron chi connectivity index (χ1n) is 10.4. The Morgan fingerprint density at radius 2 is 1.65 bits per heavy atom. The molecule has 7 nitrogen and oxygen atoms in total. The van der Waals surface area contributed by atoms with Gasteiger partial charge in [0, 0.05) is 31.7 Å². The fourth-order valence-electron chi connectivity index (χ4n) is 4.05. The largest absolute Gasteiger partial charge is 0.508 e. The number of aliphatic hydroxyl groups is 1. The van der Waals surface area contributed by atoms with Gasteiger partial charge in [-0.15, -0.1) is 0 Å². The highest BCUT2D eigenvalue weighted by molar-refractivity contribution is 6.46. The smallest absolute Gasteiger partial charge is 0.295 e. The summed E-state index contributed by atoms with van der Waals surface area (Å²) in [7, 11) is 0. The fourth-order valence-corrected chi connectivity index (χ4v) is 4.05. The van der Waals surface area contributed by atoms with Crippen LogP contribution in [0.3, 0.4) is 0 Å². The van der Waals surface area contributed by atoms with Crippen molar-refractivity contribution in [2.45, 2.75) is 13.0 Å². The average molecular weight is 422 g/mol. The van der Waals surface area contributed by atoms with Crippen LogP contribution in [0.4, 0.5) is 0 Å². The number of carbonyl (C=O) groups is 2. The molecule has 1 amide bonds. The van der Waals surface area contributed by atoms with Gasteiger partial charge in [0.2, 0.25) is 0 Å². The maximum Gasteiger partial charge on any atom is 0.295 e. The van der Waals surface area contributed by atoms with E-state index >= 15 is 0 Å². The quantitative estimate of drug-likeness (QED) is 0.437. The molecule has 2 aliphatic heterocycles. The van der Waals surface area contributed by atoms with Crippen LogP contribution in [-0.4, -0.2) is 71.1 Å². The van der Waals surface area contributed by atoms with Crippen LogP contribution in [0, 0.1) is 6.92 Å². The van der Waals surface area contributed by atoms with Crippen molar-refractivity contribution in [2.24, 2.45) is 0 Å². The maximum absolute atomic E-state index is 13.0. The normalized spacial score (nSPS) is 21.6. The van der Waals surface area contributed by atoms with E-state index in [0.29, 0.717) is 37.4 Å². The van der Waals surface area contributed by atoms with Gasteiger partial charge in [-0.05, 0) is 24.6 Å². The number of hydrogen-bond acceptors (Lipinski definition) is 6. The van der Waals surface area contributed by atoms with Crippen molar-refractivity contribution in [3.63, 3.8) is 0 Å². The Morgan fingerprint density at radius 1 is 1.00 bits per heavy atom. The van der Waals surface area contributed by atoms with Crippen molar-refractivity contribution in [1.29, 1.82) is 0 Å². The molecule has 2 heterocycles. The number of nitrogens with zero attached hydrogens (tertiary/aromatic N) is 2. The number of carbonyl (C=O) groups excluding carboxylic acids is 2. The predicted molar refractivity (Wildman–Crippen MR) is 116 cm³/mol. The highest BCUT2D eigenvalue weighted by Gasteiger charge is 2.46. The molecular formula is C24H26N2O5. The molecule has 1 atom stereocenters. The first-order chi connectivity index (χ1) is 15.0. The lowest BCUT2D eigenvalue weighted by molar-refractivity contribution is -0.140. The Kier molecular flexibility index (Phi) is 6.06. The van der Waals surface area contributed by atoms with Crippen molar-refractivity contribution < 1.29 is 24.5 Å². The van der Waals surface area contributed by atoms with E-state index < -0.39 is 17.7 Å². The third-order valence-corrected chi connectivity index (χ3v) is 5.83. The number of phenolic OH excluding ortho intramolecular Hbond substituents is 1. The van der Waals surface area contributed by atoms with Gasteiger partial charge in [0.25, 0.3) is 11.7 Å². The van der Waals surface area contributed by atoms with Crippen molar-refractivity contribution in [2.75, 3.05) is 39.4 Å². The summed E-state index contributed by atoms with van der Waals surface area (Å²) in [5.41, 5.74) is 2.24. The van der Waals surface area contributed by atoms with E-state index in [1.807, 2.05) is 19.1 Å². The first-order valence-corrected chi connectivity index (χ1v) is 10.4. The first kappa shape index (κ1) is 21.1. The van der Waals surface area contributed by atoms with Gasteiger partial charge < -0.3 is 19.8 Å². The van der Waals surface area contributed by atoms with Crippen LogP contribution in [0.25, 0.3) is 5.76 Å². The Hall–Kier alpha value is -3.16. The van der Waals surface area contributed by atoms with Gasteiger partial charge in [-0.1, -0.05) is 42.0 Å². The summed E-state index contributed by atoms with van der Waals surface area (Å²) in [6, 6.07) is 12.8. The zero-order valence-electron chi connectivity index (χ0n) is 17.5. The van der Waals surface area contributed by atoms with Crippen LogP contribution in [0.15, 0.2) is 54.1 Å². The standard InChI is InChI=1S/C24H26N2O5/c1-16-2-4-18(5-3-16)22(28)20-21(17-6-8-19(27)9-7-17)26(24(30)23(20)29)11-10-25-12-14-31-15-13-25/h2-9,21,27-28H,10-15H2,1H3/b22-20-/t21-/m0/s1. The van der Waals surface area contributed by atoms with E-state index in [2.05, 4.69) is 4.90 Å². The van der Waals surface area contributed by atoms with E-state index in [0.717, 1.165) is 18.7 Å². The molecule has 31 heavy (non-hydrogen) atoms. The van der Waals surface area contributed by atoms with Crippen LogP contribution < -0.4 is 0 Å². The van der Waals surface area contributed by atoms with Crippen LogP contribution >= 0.6 is 0 Å². The molecule has 0 spiro atoms. The number of rotatable bonds is 5. The lowest BCUT2D eigenvalue weighted by atomic mass is 9.95. The molecule has 0 unspecified atom stereocenters. The summed E-state index contributed by atoms with van der Waals surface area (Å²) < 4.78 is 5.38. The van der Waals surface area contributed by atoms with Crippen molar-refractivity contribution in [1.82, 2.24) is 9.80 Å². The summed E-state index contributed by atoms with van der Waals surface area (Å²) in [6.07, 6.45) is 0. The lowest BCUT2D eigenvalue weighted by Crippen LogP contribution is -2.42. The number of ketones is 1. The molecule has 0 aromatic heterocycles. The fraction of sp³-hybridized carbons (Fsp3) is 0.333. The predicted octanol–water partition coefficient (Wildman–Crippen LogP) is 2.45. The molecule has 162 valence electrons. The van der Waals surface area contributed by atoms with E-state index in [1.165, 1.54) is 17.0 Å².